The molecule has 0 saturated heterocycles. The molecule has 2 aromatic heterocycles. The van der Waals surface area contributed by atoms with E-state index in [1.807, 2.05) is 24.3 Å². The molecule has 0 unspecified atom stereocenters. The number of thiazole rings is 1. The van der Waals surface area contributed by atoms with Crippen LogP contribution in [0.25, 0.3) is 28.5 Å². The van der Waals surface area contributed by atoms with Crippen molar-refractivity contribution in [2.24, 2.45) is 0 Å². The third kappa shape index (κ3) is 5.40. The Morgan fingerprint density at radius 1 is 1.12 bits per heavy atom. The van der Waals surface area contributed by atoms with E-state index >= 15 is 0 Å². The van der Waals surface area contributed by atoms with Crippen molar-refractivity contribution >= 4 is 45.4 Å². The summed E-state index contributed by atoms with van der Waals surface area (Å²) in [5.74, 6) is -0.194. The first-order chi connectivity index (χ1) is 15.7. The van der Waals surface area contributed by atoms with E-state index in [9.17, 15) is 18.0 Å². The summed E-state index contributed by atoms with van der Waals surface area (Å²) in [6, 6.07) is 15.0. The van der Waals surface area contributed by atoms with Crippen LogP contribution >= 0.6 is 27.3 Å². The fourth-order valence-electron chi connectivity index (χ4n) is 2.98. The molecule has 0 atom stereocenters. The van der Waals surface area contributed by atoms with Crippen LogP contribution in [0, 0.1) is 0 Å². The molecule has 5 nitrogen and oxygen atoms in total. The lowest BCUT2D eigenvalue weighted by Gasteiger charge is -2.07. The zero-order valence-corrected chi connectivity index (χ0v) is 19.4. The van der Waals surface area contributed by atoms with Gasteiger partial charge in [0.1, 0.15) is 5.75 Å². The molecule has 4 aromatic rings. The number of nitrogens with zero attached hydrogens (tertiary/aromatic N) is 3. The number of alkyl halides is 3. The van der Waals surface area contributed by atoms with Gasteiger partial charge in [0.25, 0.3) is 0 Å². The molecule has 0 N–H and O–H groups in total. The Morgan fingerprint density at radius 3 is 2.55 bits per heavy atom. The normalized spacial score (nSPS) is 11.8. The Bertz CT molecular complexity index is 1330. The predicted molar refractivity (Wildman–Crippen MR) is 124 cm³/mol. The first-order valence-corrected chi connectivity index (χ1v) is 11.2. The lowest BCUT2D eigenvalue weighted by molar-refractivity contribution is -0.142. The molecule has 0 bridgehead atoms. The molecule has 0 saturated carbocycles. The largest absolute Gasteiger partial charge is 0.433 e. The zero-order chi connectivity index (χ0) is 23.6. The van der Waals surface area contributed by atoms with Crippen LogP contribution in [-0.4, -0.2) is 20.7 Å². The molecule has 0 fully saturated rings. The molecule has 4 rings (SSSR count). The summed E-state index contributed by atoms with van der Waals surface area (Å²) < 4.78 is 48.0. The third-order valence-electron chi connectivity index (χ3n) is 4.44. The summed E-state index contributed by atoms with van der Waals surface area (Å²) in [5, 5.41) is 5.90. The number of hydrogen-bond donors (Lipinski definition) is 0. The van der Waals surface area contributed by atoms with Crippen LogP contribution in [-0.2, 0) is 11.0 Å². The summed E-state index contributed by atoms with van der Waals surface area (Å²) in [5.41, 5.74) is 1.01. The van der Waals surface area contributed by atoms with Crippen molar-refractivity contribution in [1.29, 1.82) is 0 Å². The molecule has 0 aliphatic rings. The van der Waals surface area contributed by atoms with Crippen LogP contribution in [0.2, 0.25) is 0 Å². The number of para-hydroxylation sites is 1. The van der Waals surface area contributed by atoms with Gasteiger partial charge >= 0.3 is 12.1 Å². The molecule has 10 heteroatoms. The number of carbonyl (C=O) groups excluding carboxylic acids is 1. The summed E-state index contributed by atoms with van der Waals surface area (Å²) in [6.07, 6.45) is -1.66. The average Bonchev–Trinajstić information content (AvgIpc) is 3.40. The monoisotopic (exact) mass is 533 g/mol. The molecule has 2 aromatic carbocycles. The van der Waals surface area contributed by atoms with Crippen molar-refractivity contribution in [3.05, 3.63) is 81.4 Å². The maximum Gasteiger partial charge on any atom is 0.433 e. The summed E-state index contributed by atoms with van der Waals surface area (Å²) >= 11 is 4.42. The van der Waals surface area contributed by atoms with Crippen LogP contribution < -0.4 is 4.74 Å². The van der Waals surface area contributed by atoms with Gasteiger partial charge in [-0.3, -0.25) is 4.79 Å². The number of hydrogen-bond acceptors (Lipinski definition) is 5. The highest BCUT2D eigenvalue weighted by atomic mass is 79.9. The molecule has 0 aliphatic carbocycles. The molecule has 168 valence electrons. The quantitative estimate of drug-likeness (QED) is 0.207. The fourth-order valence-corrected chi connectivity index (χ4v) is 4.04. The molecule has 0 aliphatic heterocycles. The van der Waals surface area contributed by atoms with Gasteiger partial charge in [-0.2, -0.15) is 18.3 Å². The van der Waals surface area contributed by atoms with Crippen LogP contribution in [0.3, 0.4) is 0 Å². The summed E-state index contributed by atoms with van der Waals surface area (Å²) in [4.78, 5) is 15.6. The molecule has 0 radical (unpaired) electrons. The van der Waals surface area contributed by atoms with Crippen molar-refractivity contribution < 1.29 is 22.7 Å². The number of rotatable bonds is 5. The van der Waals surface area contributed by atoms with E-state index in [0.29, 0.717) is 17.0 Å². The highest BCUT2D eigenvalue weighted by molar-refractivity contribution is 9.10. The van der Waals surface area contributed by atoms with Crippen molar-refractivity contribution in [3.8, 4) is 22.1 Å². The maximum absolute atomic E-state index is 13.7. The Balaban J connectivity index is 1.69. The molecule has 2 heterocycles. The Labute approximate surface area is 199 Å². The van der Waals surface area contributed by atoms with Gasteiger partial charge < -0.3 is 4.74 Å². The summed E-state index contributed by atoms with van der Waals surface area (Å²) in [6.45, 7) is 1.27. The van der Waals surface area contributed by atoms with Crippen molar-refractivity contribution in [2.75, 3.05) is 0 Å². The fraction of sp³-hybridized carbons (Fsp3) is 0.0870. The van der Waals surface area contributed by atoms with Gasteiger partial charge in [0.2, 0.25) is 5.13 Å². The second-order valence-corrected chi connectivity index (χ2v) is 8.60. The summed E-state index contributed by atoms with van der Waals surface area (Å²) in [7, 11) is 0. The van der Waals surface area contributed by atoms with Gasteiger partial charge in [0.05, 0.1) is 11.4 Å². The first kappa shape index (κ1) is 22.9. The van der Waals surface area contributed by atoms with Gasteiger partial charge in [-0.25, -0.2) is 9.67 Å². The first-order valence-electron chi connectivity index (χ1n) is 9.55. The van der Waals surface area contributed by atoms with Gasteiger partial charge in [-0.15, -0.1) is 11.3 Å². The molecular weight excluding hydrogens is 519 g/mol. The smallest absolute Gasteiger partial charge is 0.426 e. The van der Waals surface area contributed by atoms with E-state index in [2.05, 4.69) is 26.0 Å². The van der Waals surface area contributed by atoms with Crippen LogP contribution in [0.5, 0.6) is 5.75 Å². The van der Waals surface area contributed by atoms with Crippen molar-refractivity contribution in [1.82, 2.24) is 14.8 Å². The van der Waals surface area contributed by atoms with E-state index in [0.717, 1.165) is 32.1 Å². The van der Waals surface area contributed by atoms with Crippen LogP contribution in [0.1, 0.15) is 23.9 Å². The van der Waals surface area contributed by atoms with E-state index in [1.165, 1.54) is 13.0 Å². The minimum atomic E-state index is -4.63. The van der Waals surface area contributed by atoms with Gasteiger partial charge in [0.15, 0.2) is 5.69 Å². The van der Waals surface area contributed by atoms with E-state index in [4.69, 9.17) is 4.74 Å². The maximum atomic E-state index is 13.7. The second-order valence-electron chi connectivity index (χ2n) is 6.85. The van der Waals surface area contributed by atoms with Gasteiger partial charge in [-0.05, 0) is 36.4 Å². The number of ether oxygens (including phenoxy) is 1. The molecule has 0 spiro atoms. The lowest BCUT2D eigenvalue weighted by atomic mass is 10.1. The lowest BCUT2D eigenvalue weighted by Crippen LogP contribution is -2.13. The van der Waals surface area contributed by atoms with Gasteiger partial charge in [0, 0.05) is 27.9 Å². The Kier molecular flexibility index (Phi) is 6.48. The third-order valence-corrected chi connectivity index (χ3v) is 5.78. The van der Waals surface area contributed by atoms with Crippen LogP contribution in [0.15, 0.2) is 64.5 Å². The zero-order valence-electron chi connectivity index (χ0n) is 17.0. The minimum absolute atomic E-state index is 0.0837. The number of halogens is 4. The molecular formula is C23H15BrF3N3O2S. The predicted octanol–water partition coefficient (Wildman–Crippen LogP) is 6.87. The molecule has 33 heavy (non-hydrogen) atoms. The highest BCUT2D eigenvalue weighted by Crippen LogP contribution is 2.34. The second kappa shape index (κ2) is 9.32. The Hall–Kier alpha value is -3.24. The van der Waals surface area contributed by atoms with Crippen LogP contribution in [0.4, 0.5) is 13.2 Å². The number of carbonyl (C=O) groups is 1. The van der Waals surface area contributed by atoms with Crippen molar-refractivity contribution in [2.45, 2.75) is 13.1 Å². The number of benzene rings is 2. The molecule has 0 amide bonds. The SMILES string of the molecule is CC(=O)Oc1ccccc1/C=C/c1cc(C(F)(F)F)n(-c2nc(-c3ccc(Br)cc3)cs2)n1. The van der Waals surface area contributed by atoms with E-state index < -0.39 is 17.8 Å². The Morgan fingerprint density at radius 2 is 1.85 bits per heavy atom. The van der Waals surface area contributed by atoms with Crippen molar-refractivity contribution in [3.63, 3.8) is 0 Å². The standard InChI is InChI=1S/C23H15BrF3N3O2S/c1-14(31)32-20-5-3-2-4-16(20)8-11-18-12-21(23(25,26)27)30(29-18)22-28-19(13-33-22)15-6-9-17(24)10-7-15/h2-13H,1H3/b11-8+. The highest BCUT2D eigenvalue weighted by Gasteiger charge is 2.36. The minimum Gasteiger partial charge on any atom is -0.426 e. The average molecular weight is 534 g/mol. The number of esters is 1. The number of aromatic nitrogens is 3. The topological polar surface area (TPSA) is 57.0 Å². The van der Waals surface area contributed by atoms with E-state index in [1.54, 1.807) is 35.7 Å². The van der Waals surface area contributed by atoms with Gasteiger partial charge in [-0.1, -0.05) is 46.3 Å². The van der Waals surface area contributed by atoms with E-state index in [-0.39, 0.29) is 10.8 Å².